The van der Waals surface area contributed by atoms with Crippen LogP contribution in [0.15, 0.2) is 54.6 Å². The third-order valence-electron chi connectivity index (χ3n) is 2.95. The van der Waals surface area contributed by atoms with Crippen molar-refractivity contribution < 1.29 is 4.79 Å². The molecule has 2 nitrogen and oxygen atoms in total. The van der Waals surface area contributed by atoms with Crippen LogP contribution in [-0.2, 0) is 5.54 Å². The second-order valence-corrected chi connectivity index (χ2v) is 4.84. The highest BCUT2D eigenvalue weighted by Crippen LogP contribution is 2.24. The van der Waals surface area contributed by atoms with Crippen LogP contribution in [-0.4, -0.2) is 5.78 Å². The minimum Gasteiger partial charge on any atom is -0.315 e. The molecule has 19 heavy (non-hydrogen) atoms. The van der Waals surface area contributed by atoms with Crippen molar-refractivity contribution in [3.63, 3.8) is 0 Å². The summed E-state index contributed by atoms with van der Waals surface area (Å²) in [5, 5.41) is 0.627. The predicted octanol–water partition coefficient (Wildman–Crippen LogP) is 3.82. The van der Waals surface area contributed by atoms with Crippen molar-refractivity contribution in [1.29, 1.82) is 0 Å². The topological polar surface area (TPSA) is 43.1 Å². The molecule has 2 aromatic carbocycles. The van der Waals surface area contributed by atoms with Gasteiger partial charge in [0.15, 0.2) is 5.78 Å². The average molecular weight is 296 g/mol. The first-order valence-corrected chi connectivity index (χ1v) is 6.04. The van der Waals surface area contributed by atoms with Gasteiger partial charge in [0.2, 0.25) is 0 Å². The average Bonchev–Trinajstić information content (AvgIpc) is 2.39. The van der Waals surface area contributed by atoms with Gasteiger partial charge in [-0.2, -0.15) is 0 Å². The zero-order chi connectivity index (χ0) is 13.2. The fourth-order valence-corrected chi connectivity index (χ4v) is 1.94. The van der Waals surface area contributed by atoms with E-state index < -0.39 is 5.54 Å². The summed E-state index contributed by atoms with van der Waals surface area (Å²) in [5.74, 6) is -0.106. The van der Waals surface area contributed by atoms with Gasteiger partial charge in [0.05, 0.1) is 0 Å². The minimum atomic E-state index is -1.05. The van der Waals surface area contributed by atoms with E-state index in [1.807, 2.05) is 18.2 Å². The van der Waals surface area contributed by atoms with Gasteiger partial charge < -0.3 is 5.73 Å². The molecule has 0 saturated heterocycles. The van der Waals surface area contributed by atoms with Gasteiger partial charge in [0.1, 0.15) is 5.54 Å². The highest BCUT2D eigenvalue weighted by atomic mass is 35.5. The van der Waals surface area contributed by atoms with Crippen LogP contribution in [0.3, 0.4) is 0 Å². The molecule has 4 heteroatoms. The third-order valence-corrected chi connectivity index (χ3v) is 3.20. The second-order valence-electron chi connectivity index (χ2n) is 4.40. The van der Waals surface area contributed by atoms with Crippen molar-refractivity contribution in [3.05, 3.63) is 70.7 Å². The largest absolute Gasteiger partial charge is 0.315 e. The molecule has 1 unspecified atom stereocenters. The lowest BCUT2D eigenvalue weighted by Crippen LogP contribution is -2.41. The summed E-state index contributed by atoms with van der Waals surface area (Å²) < 4.78 is 0. The molecule has 0 spiro atoms. The standard InChI is InChI=1S/C15H14ClNO.ClH/c1-15(17,12-7-9-13(16)10-8-12)14(18)11-5-3-2-4-6-11;/h2-10H,17H2,1H3;1H. The van der Waals surface area contributed by atoms with Gasteiger partial charge >= 0.3 is 0 Å². The van der Waals surface area contributed by atoms with Gasteiger partial charge in [-0.3, -0.25) is 4.79 Å². The Balaban J connectivity index is 0.00000180. The Kier molecular flexibility index (Phi) is 5.12. The van der Waals surface area contributed by atoms with Crippen LogP contribution in [0.1, 0.15) is 22.8 Å². The van der Waals surface area contributed by atoms with Crippen molar-refractivity contribution in [2.24, 2.45) is 5.73 Å². The normalized spacial score (nSPS) is 13.2. The van der Waals surface area contributed by atoms with E-state index >= 15 is 0 Å². The van der Waals surface area contributed by atoms with E-state index in [1.165, 1.54) is 0 Å². The minimum absolute atomic E-state index is 0. The molecule has 0 aliphatic heterocycles. The van der Waals surface area contributed by atoms with E-state index in [0.717, 1.165) is 5.56 Å². The number of halogens is 2. The maximum atomic E-state index is 12.4. The fraction of sp³-hybridized carbons (Fsp3) is 0.133. The lowest BCUT2D eigenvalue weighted by Gasteiger charge is -2.23. The number of carbonyl (C=O) groups is 1. The number of benzene rings is 2. The maximum Gasteiger partial charge on any atom is 0.186 e. The summed E-state index contributed by atoms with van der Waals surface area (Å²) in [6.45, 7) is 1.71. The summed E-state index contributed by atoms with van der Waals surface area (Å²) in [6, 6.07) is 16.1. The van der Waals surface area contributed by atoms with E-state index in [9.17, 15) is 4.79 Å². The molecule has 0 aliphatic carbocycles. The Morgan fingerprint density at radius 2 is 1.58 bits per heavy atom. The first kappa shape index (κ1) is 15.7. The monoisotopic (exact) mass is 295 g/mol. The molecule has 0 fully saturated rings. The lowest BCUT2D eigenvalue weighted by atomic mass is 9.85. The number of nitrogens with two attached hydrogens (primary N) is 1. The SMILES string of the molecule is CC(N)(C(=O)c1ccccc1)c1ccc(Cl)cc1.Cl. The number of carbonyl (C=O) groups excluding carboxylic acids is 1. The van der Waals surface area contributed by atoms with E-state index in [2.05, 4.69) is 0 Å². The highest BCUT2D eigenvalue weighted by molar-refractivity contribution is 6.30. The fourth-order valence-electron chi connectivity index (χ4n) is 1.82. The molecule has 0 bridgehead atoms. The molecule has 2 aromatic rings. The van der Waals surface area contributed by atoms with Crippen LogP contribution in [0.25, 0.3) is 0 Å². The molecule has 0 heterocycles. The number of ketones is 1. The van der Waals surface area contributed by atoms with Crippen LogP contribution in [0.4, 0.5) is 0 Å². The number of hydrogen-bond acceptors (Lipinski definition) is 2. The van der Waals surface area contributed by atoms with Gasteiger partial charge in [0.25, 0.3) is 0 Å². The Bertz CT molecular complexity index is 550. The number of hydrogen-bond donors (Lipinski definition) is 1. The van der Waals surface area contributed by atoms with Crippen LogP contribution in [0.2, 0.25) is 5.02 Å². The second kappa shape index (κ2) is 6.20. The molecule has 0 saturated carbocycles. The third kappa shape index (κ3) is 3.35. The first-order valence-electron chi connectivity index (χ1n) is 5.66. The number of Topliss-reactive ketones (excluding diaryl/α,β-unsaturated/α-hetero) is 1. The molecule has 0 radical (unpaired) electrons. The first-order chi connectivity index (χ1) is 8.51. The van der Waals surface area contributed by atoms with Crippen molar-refractivity contribution in [2.75, 3.05) is 0 Å². The Morgan fingerprint density at radius 3 is 2.11 bits per heavy atom. The van der Waals surface area contributed by atoms with Crippen LogP contribution in [0, 0.1) is 0 Å². The zero-order valence-corrected chi connectivity index (χ0v) is 12.0. The molecule has 0 amide bonds. The quantitative estimate of drug-likeness (QED) is 0.875. The summed E-state index contributed by atoms with van der Waals surface area (Å²) in [4.78, 5) is 12.4. The van der Waals surface area contributed by atoms with Crippen molar-refractivity contribution in [2.45, 2.75) is 12.5 Å². The molecule has 2 N–H and O–H groups in total. The van der Waals surface area contributed by atoms with Gasteiger partial charge in [-0.05, 0) is 24.6 Å². The van der Waals surface area contributed by atoms with Gasteiger partial charge in [-0.15, -0.1) is 12.4 Å². The summed E-state index contributed by atoms with van der Waals surface area (Å²) in [5.41, 5.74) is 6.48. The van der Waals surface area contributed by atoms with Crippen molar-refractivity contribution >= 4 is 29.8 Å². The summed E-state index contributed by atoms with van der Waals surface area (Å²) in [6.07, 6.45) is 0. The molecular formula is C15H15Cl2NO. The maximum absolute atomic E-state index is 12.4. The van der Waals surface area contributed by atoms with E-state index in [4.69, 9.17) is 17.3 Å². The smallest absolute Gasteiger partial charge is 0.186 e. The molecule has 0 aliphatic rings. The molecule has 1 atom stereocenters. The van der Waals surface area contributed by atoms with E-state index in [-0.39, 0.29) is 18.2 Å². The van der Waals surface area contributed by atoms with Gasteiger partial charge in [-0.1, -0.05) is 54.1 Å². The molecule has 100 valence electrons. The van der Waals surface area contributed by atoms with Crippen LogP contribution < -0.4 is 5.73 Å². The molecule has 0 aromatic heterocycles. The van der Waals surface area contributed by atoms with Crippen molar-refractivity contribution in [3.8, 4) is 0 Å². The molecule has 2 rings (SSSR count). The van der Waals surface area contributed by atoms with E-state index in [0.29, 0.717) is 10.6 Å². The Hall–Kier alpha value is -1.35. The molecular weight excluding hydrogens is 281 g/mol. The lowest BCUT2D eigenvalue weighted by molar-refractivity contribution is 0.0900. The summed E-state index contributed by atoms with van der Waals surface area (Å²) >= 11 is 5.83. The number of rotatable bonds is 3. The Morgan fingerprint density at radius 1 is 1.05 bits per heavy atom. The predicted molar refractivity (Wildman–Crippen MR) is 81.0 cm³/mol. The Labute approximate surface area is 124 Å². The van der Waals surface area contributed by atoms with Gasteiger partial charge in [0, 0.05) is 10.6 Å². The van der Waals surface area contributed by atoms with Gasteiger partial charge in [-0.25, -0.2) is 0 Å². The van der Waals surface area contributed by atoms with Crippen molar-refractivity contribution in [1.82, 2.24) is 0 Å². The highest BCUT2D eigenvalue weighted by Gasteiger charge is 2.31. The van der Waals surface area contributed by atoms with E-state index in [1.54, 1.807) is 43.3 Å². The van der Waals surface area contributed by atoms with Crippen LogP contribution >= 0.6 is 24.0 Å². The van der Waals surface area contributed by atoms with Crippen LogP contribution in [0.5, 0.6) is 0 Å². The zero-order valence-electron chi connectivity index (χ0n) is 10.5. The summed E-state index contributed by atoms with van der Waals surface area (Å²) in [7, 11) is 0.